The van der Waals surface area contributed by atoms with E-state index in [2.05, 4.69) is 34.6 Å². The summed E-state index contributed by atoms with van der Waals surface area (Å²) in [6, 6.07) is 0. The molecule has 0 aromatic carbocycles. The monoisotopic (exact) mass is 476 g/mol. The summed E-state index contributed by atoms with van der Waals surface area (Å²) in [4.78, 5) is 0. The van der Waals surface area contributed by atoms with Gasteiger partial charge >= 0.3 is 0 Å². The maximum Gasteiger partial charge on any atom is 0.0971 e. The van der Waals surface area contributed by atoms with Gasteiger partial charge < -0.3 is 14.9 Å². The quantitative estimate of drug-likeness (QED) is 0.369. The average molecular weight is 477 g/mol. The predicted octanol–water partition coefficient (Wildman–Crippen LogP) is 7.24. The number of hydrogen-bond donors (Lipinski definition) is 2. The molecule has 0 aromatic rings. The fraction of sp³-hybridized carbons (Fsp3) is 1.00. The van der Waals surface area contributed by atoms with Crippen LogP contribution in [-0.2, 0) is 4.74 Å². The molecule has 4 fully saturated rings. The van der Waals surface area contributed by atoms with Crippen LogP contribution in [0, 0.1) is 52.3 Å². The first-order valence-corrected chi connectivity index (χ1v) is 14.8. The number of hydrogen-bond acceptors (Lipinski definition) is 3. The highest BCUT2D eigenvalue weighted by Crippen LogP contribution is 2.71. The van der Waals surface area contributed by atoms with Crippen LogP contribution in [0.4, 0.5) is 0 Å². The van der Waals surface area contributed by atoms with Crippen molar-refractivity contribution in [2.75, 3.05) is 13.2 Å². The lowest BCUT2D eigenvalue weighted by Crippen LogP contribution is -2.53. The van der Waals surface area contributed by atoms with Crippen molar-refractivity contribution < 1.29 is 14.9 Å². The van der Waals surface area contributed by atoms with Crippen molar-refractivity contribution in [3.8, 4) is 0 Å². The minimum absolute atomic E-state index is 0.0302. The van der Waals surface area contributed by atoms with Gasteiger partial charge in [0.15, 0.2) is 0 Å². The second-order valence-electron chi connectivity index (χ2n) is 14.7. The molecular formula is C31H56O3. The van der Waals surface area contributed by atoms with E-state index in [4.69, 9.17) is 4.74 Å². The third kappa shape index (κ3) is 4.43. The molecule has 3 nitrogen and oxygen atoms in total. The van der Waals surface area contributed by atoms with E-state index in [0.29, 0.717) is 17.9 Å². The van der Waals surface area contributed by atoms with Crippen LogP contribution in [0.15, 0.2) is 0 Å². The molecule has 2 unspecified atom stereocenters. The van der Waals surface area contributed by atoms with Crippen molar-refractivity contribution in [1.82, 2.24) is 0 Å². The van der Waals surface area contributed by atoms with Gasteiger partial charge in [-0.2, -0.15) is 0 Å². The standard InChI is InChI=1S/C31H56O3/c1-21(2)9-8-10-22(3)25-13-14-26-24-12-11-23-19-31(28(4,5)33,34-18-17-32)20-30(23,7)27(24)15-16-29(25,26)6/h21-27,32-33H,8-20H2,1-7H3/t22-,23+,24?,25-,26+,27?,29-,30+,31-/m1/s1. The summed E-state index contributed by atoms with van der Waals surface area (Å²) in [5, 5.41) is 20.7. The summed E-state index contributed by atoms with van der Waals surface area (Å²) in [5.74, 6) is 5.73. The predicted molar refractivity (Wildman–Crippen MR) is 141 cm³/mol. The van der Waals surface area contributed by atoms with E-state index >= 15 is 0 Å². The fourth-order valence-corrected chi connectivity index (χ4v) is 10.2. The molecule has 9 atom stereocenters. The van der Waals surface area contributed by atoms with Crippen molar-refractivity contribution in [2.24, 2.45) is 52.3 Å². The van der Waals surface area contributed by atoms with Crippen molar-refractivity contribution in [2.45, 2.75) is 130 Å². The van der Waals surface area contributed by atoms with Crippen molar-refractivity contribution in [3.63, 3.8) is 0 Å². The van der Waals surface area contributed by atoms with Crippen molar-refractivity contribution in [3.05, 3.63) is 0 Å². The smallest absolute Gasteiger partial charge is 0.0971 e. The van der Waals surface area contributed by atoms with Crippen LogP contribution in [-0.4, -0.2) is 34.6 Å². The molecule has 198 valence electrons. The summed E-state index contributed by atoms with van der Waals surface area (Å²) in [5.41, 5.74) is -0.624. The van der Waals surface area contributed by atoms with Gasteiger partial charge in [-0.3, -0.25) is 0 Å². The van der Waals surface area contributed by atoms with Crippen LogP contribution in [0.2, 0.25) is 0 Å². The van der Waals surface area contributed by atoms with Gasteiger partial charge in [-0.1, -0.05) is 53.9 Å². The molecule has 0 aromatic heterocycles. The van der Waals surface area contributed by atoms with Gasteiger partial charge in [0.2, 0.25) is 0 Å². The average Bonchev–Trinajstić information content (AvgIpc) is 3.26. The Morgan fingerprint density at radius 3 is 2.29 bits per heavy atom. The summed E-state index contributed by atoms with van der Waals surface area (Å²) in [7, 11) is 0. The normalized spacial score (nSPS) is 45.2. The maximum absolute atomic E-state index is 11.2. The minimum atomic E-state index is -0.884. The molecule has 0 amide bonds. The minimum Gasteiger partial charge on any atom is -0.394 e. The van der Waals surface area contributed by atoms with E-state index in [0.717, 1.165) is 48.3 Å². The second-order valence-corrected chi connectivity index (χ2v) is 14.7. The van der Waals surface area contributed by atoms with E-state index in [9.17, 15) is 10.2 Å². The summed E-state index contributed by atoms with van der Waals surface area (Å²) in [6.45, 7) is 16.7. The molecule has 0 spiro atoms. The van der Waals surface area contributed by atoms with Crippen LogP contribution in [0.1, 0.15) is 119 Å². The van der Waals surface area contributed by atoms with Gasteiger partial charge in [0.1, 0.15) is 0 Å². The molecule has 4 aliphatic carbocycles. The van der Waals surface area contributed by atoms with Gasteiger partial charge in [0.25, 0.3) is 0 Å². The Morgan fingerprint density at radius 2 is 1.65 bits per heavy atom. The van der Waals surface area contributed by atoms with Crippen LogP contribution >= 0.6 is 0 Å². The third-order valence-electron chi connectivity index (χ3n) is 12.1. The van der Waals surface area contributed by atoms with Gasteiger partial charge in [-0.05, 0) is 117 Å². The van der Waals surface area contributed by atoms with E-state index in [-0.39, 0.29) is 12.0 Å². The molecule has 0 aliphatic heterocycles. The molecule has 4 saturated carbocycles. The zero-order valence-corrected chi connectivity index (χ0v) is 23.5. The molecule has 0 radical (unpaired) electrons. The van der Waals surface area contributed by atoms with E-state index < -0.39 is 11.2 Å². The molecule has 4 aliphatic rings. The Balaban J connectivity index is 1.51. The Labute approximate surface area is 210 Å². The Hall–Kier alpha value is -0.120. The van der Waals surface area contributed by atoms with Gasteiger partial charge in [-0.15, -0.1) is 0 Å². The van der Waals surface area contributed by atoms with Crippen LogP contribution in [0.3, 0.4) is 0 Å². The Bertz CT molecular complexity index is 697. The number of aliphatic hydroxyl groups excluding tert-OH is 1. The maximum atomic E-state index is 11.2. The highest BCUT2D eigenvalue weighted by Gasteiger charge is 2.66. The van der Waals surface area contributed by atoms with E-state index in [1.807, 2.05) is 13.8 Å². The second kappa shape index (κ2) is 9.64. The lowest BCUT2D eigenvalue weighted by molar-refractivity contribution is -0.176. The fourth-order valence-electron chi connectivity index (χ4n) is 10.2. The lowest BCUT2D eigenvalue weighted by atomic mass is 9.47. The first kappa shape index (κ1) is 26.9. The Kier molecular flexibility index (Phi) is 7.63. The van der Waals surface area contributed by atoms with Crippen molar-refractivity contribution in [1.29, 1.82) is 0 Å². The SMILES string of the molecule is CC(C)CCC[C@@H](C)[C@H]1CC[C@H]2C3CC[C@H]4C[C@](OCCO)(C(C)(C)O)C[C@]4(C)C3CC[C@]12C. The number of aliphatic hydroxyl groups is 2. The lowest BCUT2D eigenvalue weighted by Gasteiger charge is -2.58. The highest BCUT2D eigenvalue weighted by atomic mass is 16.5. The highest BCUT2D eigenvalue weighted by molar-refractivity contribution is 5.16. The number of rotatable bonds is 9. The van der Waals surface area contributed by atoms with E-state index in [1.165, 1.54) is 57.8 Å². The summed E-state index contributed by atoms with van der Waals surface area (Å²) >= 11 is 0. The first-order valence-electron chi connectivity index (χ1n) is 14.8. The van der Waals surface area contributed by atoms with Crippen LogP contribution < -0.4 is 0 Å². The van der Waals surface area contributed by atoms with Gasteiger partial charge in [-0.25, -0.2) is 0 Å². The molecule has 34 heavy (non-hydrogen) atoms. The molecule has 4 rings (SSSR count). The molecule has 3 heteroatoms. The first-order chi connectivity index (χ1) is 15.9. The van der Waals surface area contributed by atoms with Crippen molar-refractivity contribution >= 4 is 0 Å². The van der Waals surface area contributed by atoms with E-state index in [1.54, 1.807) is 0 Å². The molecule has 0 saturated heterocycles. The molecule has 0 bridgehead atoms. The largest absolute Gasteiger partial charge is 0.394 e. The zero-order valence-electron chi connectivity index (χ0n) is 23.5. The third-order valence-corrected chi connectivity index (χ3v) is 12.1. The van der Waals surface area contributed by atoms with Gasteiger partial charge in [0.05, 0.1) is 24.4 Å². The summed E-state index contributed by atoms with van der Waals surface area (Å²) in [6.07, 6.45) is 14.4. The van der Waals surface area contributed by atoms with Gasteiger partial charge in [0, 0.05) is 0 Å². The Morgan fingerprint density at radius 1 is 0.941 bits per heavy atom. The topological polar surface area (TPSA) is 49.7 Å². The summed E-state index contributed by atoms with van der Waals surface area (Å²) < 4.78 is 6.35. The van der Waals surface area contributed by atoms with Crippen LogP contribution in [0.5, 0.6) is 0 Å². The zero-order chi connectivity index (χ0) is 24.9. The number of ether oxygens (including phenoxy) is 1. The molecule has 2 N–H and O–H groups in total. The molecular weight excluding hydrogens is 420 g/mol. The number of fused-ring (bicyclic) bond motifs is 5. The molecule has 0 heterocycles. The van der Waals surface area contributed by atoms with Crippen LogP contribution in [0.25, 0.3) is 0 Å².